The largest absolute Gasteiger partial charge is 0.444 e. The van der Waals surface area contributed by atoms with Crippen molar-refractivity contribution in [3.63, 3.8) is 0 Å². The summed E-state index contributed by atoms with van der Waals surface area (Å²) >= 11 is 2.70. The van der Waals surface area contributed by atoms with Crippen LogP contribution in [0.15, 0.2) is 39.2 Å². The molecule has 0 unspecified atom stereocenters. The molecule has 2 heterocycles. The zero-order valence-electron chi connectivity index (χ0n) is 15.4. The van der Waals surface area contributed by atoms with Gasteiger partial charge in [-0.15, -0.1) is 11.8 Å². The molecule has 148 valence electrons. The van der Waals surface area contributed by atoms with Crippen molar-refractivity contribution in [2.75, 3.05) is 10.6 Å². The van der Waals surface area contributed by atoms with Crippen molar-refractivity contribution in [2.24, 2.45) is 0 Å². The number of anilines is 2. The molecule has 0 fully saturated rings. The van der Waals surface area contributed by atoms with Crippen LogP contribution in [0.3, 0.4) is 0 Å². The summed E-state index contributed by atoms with van der Waals surface area (Å²) in [6.45, 7) is 6.14. The van der Waals surface area contributed by atoms with Crippen LogP contribution in [0.5, 0.6) is 0 Å². The fourth-order valence-corrected chi connectivity index (χ4v) is 3.82. The van der Waals surface area contributed by atoms with Crippen molar-refractivity contribution in [3.05, 3.63) is 53.9 Å². The van der Waals surface area contributed by atoms with Gasteiger partial charge in [0.25, 0.3) is 0 Å². The van der Waals surface area contributed by atoms with Gasteiger partial charge in [-0.2, -0.15) is 0 Å². The summed E-state index contributed by atoms with van der Waals surface area (Å²) in [6, 6.07) is 2.56. The molecule has 0 radical (unpaired) electrons. The van der Waals surface area contributed by atoms with E-state index in [9.17, 15) is 13.6 Å². The van der Waals surface area contributed by atoms with Crippen LogP contribution in [-0.4, -0.2) is 16.0 Å². The van der Waals surface area contributed by atoms with Gasteiger partial charge < -0.3 is 9.73 Å². The molecule has 28 heavy (non-hydrogen) atoms. The van der Waals surface area contributed by atoms with Crippen LogP contribution in [-0.2, 0) is 11.2 Å². The Morgan fingerprint density at radius 2 is 1.89 bits per heavy atom. The SMILES string of the molecule is CC(C)(C)c1cnc(CSc2cnc(NC(=O)Nc3c(F)cccc3F)s2)o1. The molecule has 0 saturated carbocycles. The molecule has 2 amide bonds. The van der Waals surface area contributed by atoms with E-state index < -0.39 is 23.4 Å². The lowest BCUT2D eigenvalue weighted by molar-refractivity contribution is 0.262. The number of oxazole rings is 1. The number of rotatable bonds is 5. The summed E-state index contributed by atoms with van der Waals surface area (Å²) in [5.41, 5.74) is -0.618. The number of hydrogen-bond acceptors (Lipinski definition) is 6. The lowest BCUT2D eigenvalue weighted by atomic mass is 9.94. The highest BCUT2D eigenvalue weighted by Crippen LogP contribution is 2.32. The molecule has 10 heteroatoms. The second-order valence-corrected chi connectivity index (χ2v) is 9.12. The molecule has 0 aliphatic heterocycles. The van der Waals surface area contributed by atoms with Crippen molar-refractivity contribution in [2.45, 2.75) is 36.1 Å². The minimum absolute atomic E-state index is 0.109. The second kappa shape index (κ2) is 8.27. The highest BCUT2D eigenvalue weighted by atomic mass is 32.2. The number of carbonyl (C=O) groups excluding carboxylic acids is 1. The Morgan fingerprint density at radius 3 is 2.54 bits per heavy atom. The van der Waals surface area contributed by atoms with E-state index in [1.54, 1.807) is 12.4 Å². The Bertz CT molecular complexity index is 962. The van der Waals surface area contributed by atoms with Crippen molar-refractivity contribution >= 4 is 39.9 Å². The number of halogens is 2. The monoisotopic (exact) mass is 424 g/mol. The Balaban J connectivity index is 1.55. The molecule has 0 aliphatic rings. The minimum atomic E-state index is -0.855. The lowest BCUT2D eigenvalue weighted by Gasteiger charge is -2.12. The molecule has 6 nitrogen and oxygen atoms in total. The first-order valence-electron chi connectivity index (χ1n) is 8.28. The highest BCUT2D eigenvalue weighted by Gasteiger charge is 2.19. The number of benzene rings is 1. The maximum Gasteiger partial charge on any atom is 0.325 e. The molecule has 3 rings (SSSR count). The number of nitrogens with zero attached hydrogens (tertiary/aromatic N) is 2. The molecule has 0 atom stereocenters. The van der Waals surface area contributed by atoms with Crippen molar-refractivity contribution in [3.8, 4) is 0 Å². The summed E-state index contributed by atoms with van der Waals surface area (Å²) < 4.78 is 33.7. The van der Waals surface area contributed by atoms with Crippen LogP contribution in [0.2, 0.25) is 0 Å². The maximum atomic E-state index is 13.6. The Kier molecular flexibility index (Phi) is 5.99. The molecular weight excluding hydrogens is 406 g/mol. The summed E-state index contributed by atoms with van der Waals surface area (Å²) in [5.74, 6) is 0.222. The third-order valence-electron chi connectivity index (χ3n) is 3.54. The molecule has 2 aromatic heterocycles. The number of thiazole rings is 1. The molecule has 1 aromatic carbocycles. The first-order chi connectivity index (χ1) is 13.2. The average Bonchev–Trinajstić information content (AvgIpc) is 3.25. The first kappa shape index (κ1) is 20.3. The number of carbonyl (C=O) groups is 1. The van der Waals surface area contributed by atoms with Crippen LogP contribution < -0.4 is 10.6 Å². The number of thioether (sulfide) groups is 1. The van der Waals surface area contributed by atoms with E-state index >= 15 is 0 Å². The van der Waals surface area contributed by atoms with Gasteiger partial charge in [-0.1, -0.05) is 38.2 Å². The zero-order valence-corrected chi connectivity index (χ0v) is 17.0. The van der Waals surface area contributed by atoms with E-state index in [1.165, 1.54) is 29.2 Å². The quantitative estimate of drug-likeness (QED) is 0.518. The van der Waals surface area contributed by atoms with Gasteiger partial charge in [0.1, 0.15) is 23.1 Å². The molecule has 0 spiro atoms. The van der Waals surface area contributed by atoms with Gasteiger partial charge >= 0.3 is 6.03 Å². The van der Waals surface area contributed by atoms with Crippen LogP contribution in [0.1, 0.15) is 32.4 Å². The van der Waals surface area contributed by atoms with E-state index in [-0.39, 0.29) is 5.41 Å². The summed E-state index contributed by atoms with van der Waals surface area (Å²) in [4.78, 5) is 20.3. The molecule has 3 aromatic rings. The van der Waals surface area contributed by atoms with Crippen LogP contribution in [0.4, 0.5) is 24.4 Å². The van der Waals surface area contributed by atoms with Crippen LogP contribution in [0, 0.1) is 11.6 Å². The third kappa shape index (κ3) is 5.08. The first-order valence-corrected chi connectivity index (χ1v) is 10.1. The summed E-state index contributed by atoms with van der Waals surface area (Å²) in [5, 5.41) is 4.91. The zero-order chi connectivity index (χ0) is 20.3. The van der Waals surface area contributed by atoms with Crippen molar-refractivity contribution in [1.82, 2.24) is 9.97 Å². The van der Waals surface area contributed by atoms with E-state index in [0.717, 1.165) is 22.1 Å². The number of amides is 2. The third-order valence-corrected chi connectivity index (χ3v) is 5.63. The predicted molar refractivity (Wildman–Crippen MR) is 106 cm³/mol. The van der Waals surface area contributed by atoms with E-state index in [4.69, 9.17) is 4.42 Å². The Morgan fingerprint density at radius 1 is 1.18 bits per heavy atom. The molecule has 0 bridgehead atoms. The standard InChI is InChI=1S/C18H18F2N4O2S2/c1-18(2,3)12-7-21-13(26-12)9-27-14-8-22-17(28-14)24-16(25)23-15-10(19)5-4-6-11(15)20/h4-8H,9H2,1-3H3,(H2,22,23,24,25). The number of para-hydroxylation sites is 1. The highest BCUT2D eigenvalue weighted by molar-refractivity contribution is 8.00. The Labute approximate surface area is 168 Å². The fourth-order valence-electron chi connectivity index (χ4n) is 2.10. The normalized spacial score (nSPS) is 11.5. The molecule has 2 N–H and O–H groups in total. The number of nitrogens with one attached hydrogen (secondary N) is 2. The fraction of sp³-hybridized carbons (Fsp3) is 0.278. The van der Waals surface area contributed by atoms with E-state index in [1.807, 2.05) is 20.8 Å². The van der Waals surface area contributed by atoms with Crippen molar-refractivity contribution < 1.29 is 18.0 Å². The second-order valence-electron chi connectivity index (χ2n) is 6.82. The number of urea groups is 1. The van der Waals surface area contributed by atoms with Gasteiger partial charge in [-0.3, -0.25) is 5.32 Å². The smallest absolute Gasteiger partial charge is 0.325 e. The van der Waals surface area contributed by atoms with Gasteiger partial charge in [0, 0.05) is 5.41 Å². The Hall–Kier alpha value is -2.46. The summed E-state index contributed by atoms with van der Waals surface area (Å²) in [7, 11) is 0. The van der Waals surface area contributed by atoms with Gasteiger partial charge in [-0.05, 0) is 12.1 Å². The molecular formula is C18H18F2N4O2S2. The van der Waals surface area contributed by atoms with Crippen molar-refractivity contribution in [1.29, 1.82) is 0 Å². The number of aromatic nitrogens is 2. The van der Waals surface area contributed by atoms with E-state index in [0.29, 0.717) is 16.8 Å². The van der Waals surface area contributed by atoms with Crippen LogP contribution in [0.25, 0.3) is 0 Å². The van der Waals surface area contributed by atoms with E-state index in [2.05, 4.69) is 20.6 Å². The predicted octanol–water partition coefficient (Wildman–Crippen LogP) is 5.64. The van der Waals surface area contributed by atoms with Gasteiger partial charge in [-0.25, -0.2) is 23.5 Å². The molecule has 0 saturated heterocycles. The number of hydrogen-bond donors (Lipinski definition) is 2. The minimum Gasteiger partial charge on any atom is -0.444 e. The van der Waals surface area contributed by atoms with Gasteiger partial charge in [0.2, 0.25) is 5.89 Å². The molecule has 0 aliphatic carbocycles. The van der Waals surface area contributed by atoms with Gasteiger partial charge in [0.05, 0.1) is 22.4 Å². The maximum absolute atomic E-state index is 13.6. The van der Waals surface area contributed by atoms with Gasteiger partial charge in [0.15, 0.2) is 5.13 Å². The average molecular weight is 424 g/mol. The lowest BCUT2D eigenvalue weighted by Crippen LogP contribution is -2.20. The topological polar surface area (TPSA) is 80.0 Å². The van der Waals surface area contributed by atoms with Crippen LogP contribution >= 0.6 is 23.1 Å². The summed E-state index contributed by atoms with van der Waals surface area (Å²) in [6.07, 6.45) is 3.32.